The predicted molar refractivity (Wildman–Crippen MR) is 79.3 cm³/mol. The second-order valence-corrected chi connectivity index (χ2v) is 7.25. The van der Waals surface area contributed by atoms with Crippen LogP contribution in [0.15, 0.2) is 15.1 Å². The first-order valence-corrected chi connectivity index (χ1v) is 8.43. The van der Waals surface area contributed by atoms with Crippen LogP contribution in [0.2, 0.25) is 0 Å². The Labute approximate surface area is 134 Å². The zero-order chi connectivity index (χ0) is 17.5. The van der Waals surface area contributed by atoms with Crippen molar-refractivity contribution in [2.45, 2.75) is 18.7 Å². The van der Waals surface area contributed by atoms with Crippen molar-refractivity contribution in [2.24, 2.45) is 7.05 Å². The molecule has 0 saturated carbocycles. The molecule has 2 rings (SSSR count). The van der Waals surface area contributed by atoms with Crippen LogP contribution in [0, 0.1) is 13.8 Å². The third-order valence-corrected chi connectivity index (χ3v) is 5.58. The third kappa shape index (κ3) is 2.90. The Morgan fingerprint density at radius 3 is 2.43 bits per heavy atom. The Morgan fingerprint density at radius 2 is 1.96 bits per heavy atom. The van der Waals surface area contributed by atoms with Gasteiger partial charge in [-0.05, 0) is 13.8 Å². The highest BCUT2D eigenvalue weighted by Gasteiger charge is 2.29. The van der Waals surface area contributed by atoms with Gasteiger partial charge in [0.25, 0.3) is 10.0 Å². The molecule has 2 aromatic heterocycles. The van der Waals surface area contributed by atoms with E-state index in [1.54, 1.807) is 4.72 Å². The second kappa shape index (κ2) is 5.62. The van der Waals surface area contributed by atoms with E-state index in [2.05, 4.69) is 5.10 Å². The summed E-state index contributed by atoms with van der Waals surface area (Å²) >= 11 is 0.919. The van der Waals surface area contributed by atoms with E-state index in [1.165, 1.54) is 20.9 Å². The molecule has 0 radical (unpaired) electrons. The number of nitrogens with zero attached hydrogens (tertiary/aromatic N) is 3. The minimum atomic E-state index is -4.47. The lowest BCUT2D eigenvalue weighted by atomic mass is 10.3. The van der Waals surface area contributed by atoms with Crippen LogP contribution in [-0.4, -0.2) is 39.9 Å². The summed E-state index contributed by atoms with van der Waals surface area (Å²) in [5.74, 6) is -1.23. The molecule has 0 atom stereocenters. The molecule has 0 spiro atoms. The van der Waals surface area contributed by atoms with Crippen LogP contribution in [-0.2, 0) is 17.1 Å². The molecule has 0 aliphatic heterocycles. The molecule has 2 aromatic rings. The fraction of sp³-hybridized carbons (Fsp3) is 0.273. The van der Waals surface area contributed by atoms with Crippen LogP contribution >= 0.6 is 11.3 Å². The molecule has 10 nitrogen and oxygen atoms in total. The number of hydrogen-bond acceptors (Lipinski definition) is 7. The molecule has 0 unspecified atom stereocenters. The molecule has 0 saturated heterocycles. The van der Waals surface area contributed by atoms with Gasteiger partial charge in [-0.3, -0.25) is 4.57 Å². The van der Waals surface area contributed by atoms with Crippen LogP contribution in [0.25, 0.3) is 0 Å². The molecule has 124 valence electrons. The smallest absolute Gasteiger partial charge is 0.360 e. The van der Waals surface area contributed by atoms with Gasteiger partial charge in [0.05, 0.1) is 5.56 Å². The van der Waals surface area contributed by atoms with Crippen molar-refractivity contribution in [1.29, 1.82) is 0 Å². The number of rotatable bonds is 3. The first-order valence-electron chi connectivity index (χ1n) is 6.07. The summed E-state index contributed by atoms with van der Waals surface area (Å²) in [5.41, 5.74) is -1.27. The van der Waals surface area contributed by atoms with Gasteiger partial charge in [-0.1, -0.05) is 0 Å². The van der Waals surface area contributed by atoms with Crippen LogP contribution in [0.4, 0.5) is 4.79 Å². The minimum absolute atomic E-state index is 0.201. The quantitative estimate of drug-likeness (QED) is 0.779. The van der Waals surface area contributed by atoms with Gasteiger partial charge in [-0.15, -0.1) is 21.1 Å². The lowest BCUT2D eigenvalue weighted by Gasteiger charge is -2.06. The van der Waals surface area contributed by atoms with E-state index in [9.17, 15) is 22.8 Å². The van der Waals surface area contributed by atoms with Gasteiger partial charge in [-0.25, -0.2) is 27.5 Å². The van der Waals surface area contributed by atoms with E-state index >= 15 is 0 Å². The zero-order valence-corrected chi connectivity index (χ0v) is 13.9. The molecule has 0 aliphatic rings. The van der Waals surface area contributed by atoms with Gasteiger partial charge in [0.1, 0.15) is 10.7 Å². The van der Waals surface area contributed by atoms with Crippen LogP contribution in [0.1, 0.15) is 21.1 Å². The molecule has 0 bridgehead atoms. The maximum absolute atomic E-state index is 12.3. The minimum Gasteiger partial charge on any atom is -0.478 e. The molecule has 1 amide bonds. The van der Waals surface area contributed by atoms with Crippen molar-refractivity contribution >= 4 is 33.4 Å². The van der Waals surface area contributed by atoms with E-state index in [-0.39, 0.29) is 10.7 Å². The third-order valence-electron chi connectivity index (χ3n) is 3.03. The van der Waals surface area contributed by atoms with E-state index in [0.29, 0.717) is 4.68 Å². The maximum atomic E-state index is 12.3. The molecule has 2 heterocycles. The number of nitrogens with one attached hydrogen (secondary N) is 1. The van der Waals surface area contributed by atoms with Gasteiger partial charge in [0.15, 0.2) is 0 Å². The molecular formula is C11H12N4O6S2. The summed E-state index contributed by atoms with van der Waals surface area (Å²) in [4.78, 5) is 34.5. The fourth-order valence-electron chi connectivity index (χ4n) is 1.80. The summed E-state index contributed by atoms with van der Waals surface area (Å²) in [6.45, 7) is 2.87. The second-order valence-electron chi connectivity index (χ2n) is 4.55. The lowest BCUT2D eigenvalue weighted by Crippen LogP contribution is -2.40. The van der Waals surface area contributed by atoms with Crippen molar-refractivity contribution in [3.8, 4) is 0 Å². The number of carboxylic acid groups (broad SMARTS) is 1. The standard InChI is InChI=1S/C11H12N4O6S2/c1-5-8(7(4-22-5)9(16)17)23(20,21)13-10(18)15-11(19)14(3)6(2)12-15/h4H,1-3H3,(H,13,18)(H,16,17). The Balaban J connectivity index is 2.45. The summed E-state index contributed by atoms with van der Waals surface area (Å²) in [6, 6.07) is -1.29. The van der Waals surface area contributed by atoms with Gasteiger partial charge in [0, 0.05) is 17.3 Å². The number of aryl methyl sites for hydroxylation is 2. The maximum Gasteiger partial charge on any atom is 0.360 e. The largest absolute Gasteiger partial charge is 0.478 e. The number of carboxylic acids is 1. The number of amides is 1. The van der Waals surface area contributed by atoms with Crippen molar-refractivity contribution in [2.75, 3.05) is 0 Å². The molecule has 0 aliphatic carbocycles. The molecule has 0 aromatic carbocycles. The van der Waals surface area contributed by atoms with E-state index < -0.39 is 38.2 Å². The average Bonchev–Trinajstić information content (AvgIpc) is 2.95. The summed E-state index contributed by atoms with van der Waals surface area (Å²) in [6.07, 6.45) is 0. The number of sulfonamides is 1. The number of hydrogen-bond donors (Lipinski definition) is 2. The van der Waals surface area contributed by atoms with Gasteiger partial charge in [-0.2, -0.15) is 0 Å². The van der Waals surface area contributed by atoms with Crippen LogP contribution < -0.4 is 10.4 Å². The molecular weight excluding hydrogens is 348 g/mol. The van der Waals surface area contributed by atoms with Crippen molar-refractivity contribution in [3.05, 3.63) is 32.1 Å². The number of carbonyl (C=O) groups is 2. The Hall–Kier alpha value is -2.47. The average molecular weight is 360 g/mol. The van der Waals surface area contributed by atoms with E-state index in [1.807, 2.05) is 0 Å². The molecule has 0 fully saturated rings. The van der Waals surface area contributed by atoms with Gasteiger partial charge >= 0.3 is 17.7 Å². The number of thiophene rings is 1. The number of aromatic nitrogens is 3. The number of carbonyl (C=O) groups excluding carboxylic acids is 1. The Kier molecular flexibility index (Phi) is 4.13. The number of aromatic carboxylic acids is 1. The predicted octanol–water partition coefficient (Wildman–Crippen LogP) is -0.0951. The van der Waals surface area contributed by atoms with Gasteiger partial charge < -0.3 is 5.11 Å². The normalized spacial score (nSPS) is 11.4. The van der Waals surface area contributed by atoms with Crippen molar-refractivity contribution in [3.63, 3.8) is 0 Å². The van der Waals surface area contributed by atoms with Crippen molar-refractivity contribution < 1.29 is 23.1 Å². The highest BCUT2D eigenvalue weighted by atomic mass is 32.2. The SMILES string of the molecule is Cc1scc(C(=O)O)c1S(=O)(=O)NC(=O)n1nc(C)n(C)c1=O. The van der Waals surface area contributed by atoms with E-state index in [0.717, 1.165) is 21.3 Å². The summed E-state index contributed by atoms with van der Waals surface area (Å²) < 4.78 is 27.6. The van der Waals surface area contributed by atoms with Gasteiger partial charge in [0.2, 0.25) is 0 Å². The van der Waals surface area contributed by atoms with Crippen LogP contribution in [0.3, 0.4) is 0 Å². The van der Waals surface area contributed by atoms with Crippen molar-refractivity contribution in [1.82, 2.24) is 19.1 Å². The first kappa shape index (κ1) is 16.9. The highest BCUT2D eigenvalue weighted by molar-refractivity contribution is 7.90. The topological polar surface area (TPSA) is 140 Å². The summed E-state index contributed by atoms with van der Waals surface area (Å²) in [5, 5.41) is 13.8. The molecule has 23 heavy (non-hydrogen) atoms. The zero-order valence-electron chi connectivity index (χ0n) is 12.2. The first-order chi connectivity index (χ1) is 10.6. The Bertz CT molecular complexity index is 965. The molecule has 12 heteroatoms. The van der Waals surface area contributed by atoms with E-state index in [4.69, 9.17) is 5.11 Å². The molecule has 2 N–H and O–H groups in total. The monoisotopic (exact) mass is 360 g/mol. The lowest BCUT2D eigenvalue weighted by molar-refractivity contribution is 0.0693. The van der Waals surface area contributed by atoms with Crippen LogP contribution in [0.5, 0.6) is 0 Å². The highest BCUT2D eigenvalue weighted by Crippen LogP contribution is 2.26. The fourth-order valence-corrected chi connectivity index (χ4v) is 4.31. The Morgan fingerprint density at radius 1 is 1.35 bits per heavy atom. The summed E-state index contributed by atoms with van der Waals surface area (Å²) in [7, 11) is -3.10.